The van der Waals surface area contributed by atoms with Gasteiger partial charge in [-0.1, -0.05) is 0 Å². The lowest BCUT2D eigenvalue weighted by Crippen LogP contribution is -2.35. The zero-order chi connectivity index (χ0) is 10.7. The fourth-order valence-corrected chi connectivity index (χ4v) is 1.59. The summed E-state index contributed by atoms with van der Waals surface area (Å²) in [6.07, 6.45) is 1.53. The van der Waals surface area contributed by atoms with Crippen LogP contribution in [0.4, 0.5) is 0 Å². The highest BCUT2D eigenvalue weighted by molar-refractivity contribution is 5.78. The topological polar surface area (TPSA) is 80.0 Å². The Kier molecular flexibility index (Phi) is 2.96. The molecule has 2 rings (SSSR count). The van der Waals surface area contributed by atoms with Crippen LogP contribution in [-0.4, -0.2) is 28.7 Å². The molecule has 1 fully saturated rings. The fraction of sp³-hybridized carbons (Fsp3) is 0.667. The normalized spacial score (nSPS) is 20.6. The van der Waals surface area contributed by atoms with E-state index >= 15 is 0 Å². The maximum absolute atomic E-state index is 10.9. The highest BCUT2D eigenvalue weighted by atomic mass is 16.4. The quantitative estimate of drug-likeness (QED) is 0.716. The minimum Gasteiger partial charge on any atom is -0.424 e. The summed E-state index contributed by atoms with van der Waals surface area (Å²) in [6.45, 7) is 3.05. The Labute approximate surface area is 87.4 Å². The van der Waals surface area contributed by atoms with Crippen molar-refractivity contribution in [1.82, 2.24) is 20.8 Å². The number of rotatable bonds is 4. The van der Waals surface area contributed by atoms with Gasteiger partial charge in [0.05, 0.1) is 6.54 Å². The summed E-state index contributed by atoms with van der Waals surface area (Å²) in [5, 5.41) is 13.6. The lowest BCUT2D eigenvalue weighted by molar-refractivity contribution is -0.119. The van der Waals surface area contributed by atoms with Gasteiger partial charge in [0.15, 0.2) is 0 Å². The van der Waals surface area contributed by atoms with E-state index in [-0.39, 0.29) is 11.9 Å². The lowest BCUT2D eigenvalue weighted by Gasteiger charge is -2.09. The summed E-state index contributed by atoms with van der Waals surface area (Å²) in [5.41, 5.74) is 0. The van der Waals surface area contributed by atoms with Crippen molar-refractivity contribution >= 4 is 5.91 Å². The van der Waals surface area contributed by atoms with Crippen LogP contribution in [0.1, 0.15) is 24.6 Å². The molecule has 0 saturated carbocycles. The predicted octanol–water partition coefficient (Wildman–Crippen LogP) is -0.254. The van der Waals surface area contributed by atoms with Crippen molar-refractivity contribution in [3.05, 3.63) is 11.8 Å². The van der Waals surface area contributed by atoms with Gasteiger partial charge in [0, 0.05) is 25.9 Å². The molecule has 2 N–H and O–H groups in total. The average molecular weight is 210 g/mol. The van der Waals surface area contributed by atoms with Crippen LogP contribution in [0.2, 0.25) is 0 Å². The molecule has 1 aromatic rings. The first-order chi connectivity index (χ1) is 7.24. The molecule has 6 nitrogen and oxygen atoms in total. The Balaban J connectivity index is 1.69. The molecule has 15 heavy (non-hydrogen) atoms. The van der Waals surface area contributed by atoms with Gasteiger partial charge in [-0.05, 0) is 6.42 Å². The van der Waals surface area contributed by atoms with Crippen LogP contribution < -0.4 is 10.6 Å². The van der Waals surface area contributed by atoms with E-state index in [9.17, 15) is 4.79 Å². The molecular formula is C9H14N4O2. The van der Waals surface area contributed by atoms with Crippen LogP contribution in [-0.2, 0) is 11.3 Å². The van der Waals surface area contributed by atoms with Crippen LogP contribution >= 0.6 is 0 Å². The maximum Gasteiger partial charge on any atom is 0.230 e. The minimum absolute atomic E-state index is 0.135. The second-order valence-corrected chi connectivity index (χ2v) is 3.65. The zero-order valence-corrected chi connectivity index (χ0v) is 8.62. The number of aromatic nitrogens is 2. The summed E-state index contributed by atoms with van der Waals surface area (Å²) in [7, 11) is 0. The molecule has 1 aliphatic rings. The zero-order valence-electron chi connectivity index (χ0n) is 8.62. The first-order valence-electron chi connectivity index (χ1n) is 5.03. The highest BCUT2D eigenvalue weighted by Crippen LogP contribution is 2.05. The molecule has 1 atom stereocenters. The molecule has 1 amide bonds. The molecule has 1 unspecified atom stereocenters. The Morgan fingerprint density at radius 3 is 3.07 bits per heavy atom. The fourth-order valence-electron chi connectivity index (χ4n) is 1.59. The average Bonchev–Trinajstić information content (AvgIpc) is 2.76. The third kappa shape index (κ3) is 2.76. The van der Waals surface area contributed by atoms with Gasteiger partial charge in [-0.2, -0.15) is 0 Å². The van der Waals surface area contributed by atoms with Gasteiger partial charge in [0.1, 0.15) is 0 Å². The second-order valence-electron chi connectivity index (χ2n) is 3.65. The number of carbonyl (C=O) groups excluding carboxylic acids is 1. The molecule has 1 saturated heterocycles. The number of amides is 1. The Morgan fingerprint density at radius 1 is 1.60 bits per heavy atom. The van der Waals surface area contributed by atoms with E-state index in [0.717, 1.165) is 13.0 Å². The number of nitrogens with zero attached hydrogens (tertiary/aromatic N) is 2. The molecule has 0 aliphatic carbocycles. The molecular weight excluding hydrogens is 196 g/mol. The van der Waals surface area contributed by atoms with Crippen molar-refractivity contribution in [2.24, 2.45) is 0 Å². The van der Waals surface area contributed by atoms with Gasteiger partial charge in [0.2, 0.25) is 17.7 Å². The number of carbonyl (C=O) groups is 1. The first kappa shape index (κ1) is 10.1. The number of hydrogen-bond acceptors (Lipinski definition) is 5. The molecule has 1 aromatic heterocycles. The van der Waals surface area contributed by atoms with Gasteiger partial charge in [-0.25, -0.2) is 0 Å². The molecule has 0 aromatic carbocycles. The Morgan fingerprint density at radius 2 is 2.47 bits per heavy atom. The van der Waals surface area contributed by atoms with Crippen molar-refractivity contribution in [1.29, 1.82) is 0 Å². The Hall–Kier alpha value is -1.43. The van der Waals surface area contributed by atoms with Crippen LogP contribution in [0.25, 0.3) is 0 Å². The van der Waals surface area contributed by atoms with Crippen LogP contribution in [0, 0.1) is 6.92 Å². The van der Waals surface area contributed by atoms with Crippen LogP contribution in [0.3, 0.4) is 0 Å². The smallest absolute Gasteiger partial charge is 0.230 e. The molecule has 82 valence electrons. The van der Waals surface area contributed by atoms with Crippen molar-refractivity contribution in [3.8, 4) is 0 Å². The number of nitrogens with one attached hydrogen (secondary N) is 2. The predicted molar refractivity (Wildman–Crippen MR) is 51.9 cm³/mol. The van der Waals surface area contributed by atoms with Gasteiger partial charge >= 0.3 is 0 Å². The third-order valence-corrected chi connectivity index (χ3v) is 2.32. The summed E-state index contributed by atoms with van der Waals surface area (Å²) in [4.78, 5) is 10.9. The van der Waals surface area contributed by atoms with E-state index in [1.165, 1.54) is 0 Å². The minimum atomic E-state index is 0.135. The molecule has 6 heteroatoms. The largest absolute Gasteiger partial charge is 0.424 e. The molecule has 0 bridgehead atoms. The van der Waals surface area contributed by atoms with Gasteiger partial charge in [0.25, 0.3) is 0 Å². The molecule has 0 radical (unpaired) electrons. The number of hydrogen-bond donors (Lipinski definition) is 2. The molecule has 2 heterocycles. The SMILES string of the molecule is Cc1nnc(CNCC2CCC(=O)N2)o1. The maximum atomic E-state index is 10.9. The highest BCUT2D eigenvalue weighted by Gasteiger charge is 2.19. The molecule has 0 spiro atoms. The summed E-state index contributed by atoms with van der Waals surface area (Å²) in [5.74, 6) is 1.29. The van der Waals surface area contributed by atoms with E-state index in [2.05, 4.69) is 20.8 Å². The van der Waals surface area contributed by atoms with Gasteiger partial charge < -0.3 is 15.1 Å². The standard InChI is InChI=1S/C9H14N4O2/c1-6-12-13-9(15-6)5-10-4-7-2-3-8(14)11-7/h7,10H,2-5H2,1H3,(H,11,14). The third-order valence-electron chi connectivity index (χ3n) is 2.32. The number of aryl methyl sites for hydroxylation is 1. The van der Waals surface area contributed by atoms with Crippen LogP contribution in [0.5, 0.6) is 0 Å². The summed E-state index contributed by atoms with van der Waals surface area (Å²) in [6, 6.07) is 0.238. The monoisotopic (exact) mass is 210 g/mol. The van der Waals surface area contributed by atoms with Crippen molar-refractivity contribution < 1.29 is 9.21 Å². The molecule has 1 aliphatic heterocycles. The lowest BCUT2D eigenvalue weighted by atomic mass is 10.2. The Bertz CT molecular complexity index is 350. The van der Waals surface area contributed by atoms with Gasteiger partial charge in [-0.3, -0.25) is 4.79 Å². The van der Waals surface area contributed by atoms with Crippen molar-refractivity contribution in [2.45, 2.75) is 32.4 Å². The van der Waals surface area contributed by atoms with Crippen LogP contribution in [0.15, 0.2) is 4.42 Å². The van der Waals surface area contributed by atoms with Crippen molar-refractivity contribution in [2.75, 3.05) is 6.54 Å². The van der Waals surface area contributed by atoms with Crippen molar-refractivity contribution in [3.63, 3.8) is 0 Å². The van der Waals surface area contributed by atoms with E-state index in [1.54, 1.807) is 6.92 Å². The van der Waals surface area contributed by atoms with Gasteiger partial charge in [-0.15, -0.1) is 10.2 Å². The van der Waals surface area contributed by atoms with E-state index < -0.39 is 0 Å². The second kappa shape index (κ2) is 4.39. The van der Waals surface area contributed by atoms with E-state index in [4.69, 9.17) is 4.42 Å². The summed E-state index contributed by atoms with van der Waals surface area (Å²) < 4.78 is 5.20. The van der Waals surface area contributed by atoms with E-state index in [0.29, 0.717) is 24.7 Å². The first-order valence-corrected chi connectivity index (χ1v) is 5.03. The summed E-state index contributed by atoms with van der Waals surface area (Å²) >= 11 is 0. The van der Waals surface area contributed by atoms with E-state index in [1.807, 2.05) is 0 Å².